The number of aromatic carboxylic acids is 1. The van der Waals surface area contributed by atoms with E-state index in [1.807, 2.05) is 0 Å². The number of benzene rings is 1. The van der Waals surface area contributed by atoms with Gasteiger partial charge in [-0.3, -0.25) is 4.90 Å². The molecule has 0 radical (unpaired) electrons. The molecule has 0 aliphatic carbocycles. The number of carboxylic acid groups (broad SMARTS) is 1. The largest absolute Gasteiger partial charge is 0.478 e. The van der Waals surface area contributed by atoms with Gasteiger partial charge in [-0.1, -0.05) is 17.7 Å². The minimum atomic E-state index is -3.16. The van der Waals surface area contributed by atoms with Crippen LogP contribution in [0.15, 0.2) is 18.2 Å². The Morgan fingerprint density at radius 2 is 1.80 bits per heavy atom. The first kappa shape index (κ1) is 18.6. The van der Waals surface area contributed by atoms with Gasteiger partial charge in [-0.2, -0.15) is 0 Å². The molecule has 0 bridgehead atoms. The molecule has 1 aromatic rings. The average molecular weight is 387 g/mol. The molecule has 2 aliphatic rings. The monoisotopic (exact) mass is 386 g/mol. The standard InChI is InChI=1S/C17H23ClN2O4S/c18-16-11-13(3-4-15(16)17(21)22)12-19-9-5-14(6-10-19)25(23,24)20-7-1-2-8-20/h3-4,11,14H,1-2,5-10,12H2,(H,21,22). The number of hydrogen-bond donors (Lipinski definition) is 1. The number of halogens is 1. The van der Waals surface area contributed by atoms with Crippen molar-refractivity contribution in [1.29, 1.82) is 0 Å². The van der Waals surface area contributed by atoms with Crippen LogP contribution in [-0.2, 0) is 16.6 Å². The summed E-state index contributed by atoms with van der Waals surface area (Å²) in [4.78, 5) is 13.2. The van der Waals surface area contributed by atoms with E-state index in [4.69, 9.17) is 16.7 Å². The zero-order valence-electron chi connectivity index (χ0n) is 14.0. The molecule has 2 fully saturated rings. The van der Waals surface area contributed by atoms with Crippen molar-refractivity contribution in [3.8, 4) is 0 Å². The molecule has 2 heterocycles. The third-order valence-electron chi connectivity index (χ3n) is 5.05. The van der Waals surface area contributed by atoms with Gasteiger partial charge < -0.3 is 5.11 Å². The summed E-state index contributed by atoms with van der Waals surface area (Å²) in [7, 11) is -3.16. The van der Waals surface area contributed by atoms with E-state index in [1.54, 1.807) is 16.4 Å². The molecule has 6 nitrogen and oxygen atoms in total. The number of carboxylic acids is 1. The van der Waals surface area contributed by atoms with Gasteiger partial charge in [0.2, 0.25) is 10.0 Å². The van der Waals surface area contributed by atoms with Crippen molar-refractivity contribution in [2.75, 3.05) is 26.2 Å². The summed E-state index contributed by atoms with van der Waals surface area (Å²) >= 11 is 6.01. The van der Waals surface area contributed by atoms with E-state index in [0.717, 1.165) is 31.5 Å². The number of nitrogens with zero attached hydrogens (tertiary/aromatic N) is 2. The minimum absolute atomic E-state index is 0.0980. The second kappa shape index (κ2) is 7.61. The molecule has 3 rings (SSSR count). The number of hydrogen-bond acceptors (Lipinski definition) is 4. The van der Waals surface area contributed by atoms with Crippen molar-refractivity contribution in [3.63, 3.8) is 0 Å². The average Bonchev–Trinajstić information content (AvgIpc) is 3.10. The van der Waals surface area contributed by atoms with Crippen LogP contribution in [0.25, 0.3) is 0 Å². The van der Waals surface area contributed by atoms with Gasteiger partial charge in [0.15, 0.2) is 0 Å². The highest BCUT2D eigenvalue weighted by molar-refractivity contribution is 7.89. The fraction of sp³-hybridized carbons (Fsp3) is 0.588. The van der Waals surface area contributed by atoms with Crippen LogP contribution in [0.5, 0.6) is 0 Å². The van der Waals surface area contributed by atoms with Crippen LogP contribution in [0.2, 0.25) is 5.02 Å². The fourth-order valence-electron chi connectivity index (χ4n) is 3.61. The number of piperidine rings is 1. The summed E-state index contributed by atoms with van der Waals surface area (Å²) in [5.74, 6) is -1.04. The zero-order chi connectivity index (χ0) is 18.0. The number of rotatable bonds is 5. The van der Waals surface area contributed by atoms with Gasteiger partial charge in [-0.15, -0.1) is 0 Å². The lowest BCUT2D eigenvalue weighted by Crippen LogP contribution is -2.44. The summed E-state index contributed by atoms with van der Waals surface area (Å²) < 4.78 is 26.9. The van der Waals surface area contributed by atoms with Crippen molar-refractivity contribution in [2.45, 2.75) is 37.5 Å². The van der Waals surface area contributed by atoms with E-state index >= 15 is 0 Å². The Balaban J connectivity index is 1.57. The van der Waals surface area contributed by atoms with Crippen LogP contribution in [0.4, 0.5) is 0 Å². The molecule has 0 aromatic heterocycles. The second-order valence-corrected chi connectivity index (χ2v) is 9.37. The third-order valence-corrected chi connectivity index (χ3v) is 7.76. The van der Waals surface area contributed by atoms with Gasteiger partial charge >= 0.3 is 5.97 Å². The molecular weight excluding hydrogens is 364 g/mol. The van der Waals surface area contributed by atoms with Gasteiger partial charge in [0.25, 0.3) is 0 Å². The molecule has 1 N–H and O–H groups in total. The molecular formula is C17H23ClN2O4S. The molecule has 138 valence electrons. The summed E-state index contributed by atoms with van der Waals surface area (Å²) in [5, 5.41) is 8.97. The Kier molecular flexibility index (Phi) is 5.68. The van der Waals surface area contributed by atoms with Crippen LogP contribution < -0.4 is 0 Å². The summed E-state index contributed by atoms with van der Waals surface area (Å²) in [6.45, 7) is 3.41. The Labute approximate surface area is 153 Å². The second-order valence-electron chi connectivity index (χ2n) is 6.75. The first-order valence-corrected chi connectivity index (χ1v) is 10.5. The minimum Gasteiger partial charge on any atom is -0.478 e. The summed E-state index contributed by atoms with van der Waals surface area (Å²) in [5.41, 5.74) is 1.04. The van der Waals surface area contributed by atoms with Crippen LogP contribution in [0.3, 0.4) is 0 Å². The predicted molar refractivity (Wildman–Crippen MR) is 96.4 cm³/mol. The Bertz CT molecular complexity index is 739. The summed E-state index contributed by atoms with van der Waals surface area (Å²) in [6, 6.07) is 4.96. The quantitative estimate of drug-likeness (QED) is 0.840. The maximum atomic E-state index is 12.6. The molecule has 0 amide bonds. The van der Waals surface area contributed by atoms with E-state index in [-0.39, 0.29) is 15.8 Å². The lowest BCUT2D eigenvalue weighted by atomic mass is 10.1. The predicted octanol–water partition coefficient (Wildman–Crippen LogP) is 2.43. The van der Waals surface area contributed by atoms with E-state index in [1.165, 1.54) is 6.07 Å². The van der Waals surface area contributed by atoms with Gasteiger partial charge in [0.05, 0.1) is 15.8 Å². The van der Waals surface area contributed by atoms with Crippen LogP contribution in [0.1, 0.15) is 41.6 Å². The number of likely N-dealkylation sites (tertiary alicyclic amines) is 1. The number of carbonyl (C=O) groups is 1. The SMILES string of the molecule is O=C(O)c1ccc(CN2CCC(S(=O)(=O)N3CCCC3)CC2)cc1Cl. The van der Waals surface area contributed by atoms with E-state index in [0.29, 0.717) is 32.5 Å². The molecule has 8 heteroatoms. The normalized spacial score (nSPS) is 20.8. The fourth-order valence-corrected chi connectivity index (χ4v) is 5.89. The highest BCUT2D eigenvalue weighted by Gasteiger charge is 2.35. The van der Waals surface area contributed by atoms with Gasteiger partial charge in [0.1, 0.15) is 0 Å². The van der Waals surface area contributed by atoms with Crippen molar-refractivity contribution >= 4 is 27.6 Å². The highest BCUT2D eigenvalue weighted by atomic mass is 35.5. The number of sulfonamides is 1. The lowest BCUT2D eigenvalue weighted by molar-refractivity contribution is 0.0697. The van der Waals surface area contributed by atoms with Crippen molar-refractivity contribution in [2.24, 2.45) is 0 Å². The van der Waals surface area contributed by atoms with Crippen molar-refractivity contribution in [1.82, 2.24) is 9.21 Å². The Morgan fingerprint density at radius 3 is 2.36 bits per heavy atom. The molecule has 2 aliphatic heterocycles. The van der Waals surface area contributed by atoms with E-state index in [9.17, 15) is 13.2 Å². The molecule has 0 unspecified atom stereocenters. The molecule has 0 atom stereocenters. The van der Waals surface area contributed by atoms with Gasteiger partial charge in [0, 0.05) is 19.6 Å². The maximum absolute atomic E-state index is 12.6. The van der Waals surface area contributed by atoms with Gasteiger partial charge in [-0.05, 0) is 56.5 Å². The maximum Gasteiger partial charge on any atom is 0.337 e. The molecule has 0 saturated carbocycles. The van der Waals surface area contributed by atoms with Crippen LogP contribution >= 0.6 is 11.6 Å². The van der Waals surface area contributed by atoms with Crippen LogP contribution in [0, 0.1) is 0 Å². The highest BCUT2D eigenvalue weighted by Crippen LogP contribution is 2.26. The van der Waals surface area contributed by atoms with Crippen molar-refractivity contribution < 1.29 is 18.3 Å². The van der Waals surface area contributed by atoms with Gasteiger partial charge in [-0.25, -0.2) is 17.5 Å². The van der Waals surface area contributed by atoms with Crippen molar-refractivity contribution in [3.05, 3.63) is 34.3 Å². The van der Waals surface area contributed by atoms with E-state index in [2.05, 4.69) is 4.90 Å². The lowest BCUT2D eigenvalue weighted by Gasteiger charge is -2.33. The van der Waals surface area contributed by atoms with Crippen LogP contribution in [-0.4, -0.2) is 60.1 Å². The third kappa shape index (κ3) is 4.16. The Morgan fingerprint density at radius 1 is 1.16 bits per heavy atom. The first-order valence-electron chi connectivity index (χ1n) is 8.61. The topological polar surface area (TPSA) is 77.9 Å². The molecule has 0 spiro atoms. The molecule has 1 aromatic carbocycles. The molecule has 2 saturated heterocycles. The van der Waals surface area contributed by atoms with E-state index < -0.39 is 16.0 Å². The smallest absolute Gasteiger partial charge is 0.337 e. The molecule has 25 heavy (non-hydrogen) atoms. The summed E-state index contributed by atoms with van der Waals surface area (Å²) in [6.07, 6.45) is 3.20. The zero-order valence-corrected chi connectivity index (χ0v) is 15.6. The first-order chi connectivity index (χ1) is 11.9. The Hall–Kier alpha value is -1.15.